The quantitative estimate of drug-likeness (QED) is 0.532. The Hall–Kier alpha value is -1.10. The predicted octanol–water partition coefficient (Wildman–Crippen LogP) is 0.604. The molecule has 1 spiro atoms. The number of amides is 2. The summed E-state index contributed by atoms with van der Waals surface area (Å²) in [5.74, 6) is 0.277. The summed E-state index contributed by atoms with van der Waals surface area (Å²) in [5.41, 5.74) is -0.789. The third-order valence-electron chi connectivity index (χ3n) is 2.82. The molecule has 2 rings (SSSR count). The van der Waals surface area contributed by atoms with Gasteiger partial charge in [0.15, 0.2) is 0 Å². The second-order valence-electron chi connectivity index (χ2n) is 4.57. The Morgan fingerprint density at radius 3 is 2.71 bits per heavy atom. The Morgan fingerprint density at radius 1 is 1.50 bits per heavy atom. The van der Waals surface area contributed by atoms with Crippen molar-refractivity contribution in [1.82, 2.24) is 10.6 Å². The number of carbonyl (C=O) groups excluding carboxylic acids is 1. The van der Waals surface area contributed by atoms with Crippen molar-refractivity contribution in [2.75, 3.05) is 6.61 Å². The molecule has 2 saturated heterocycles. The van der Waals surface area contributed by atoms with Crippen LogP contribution < -0.4 is 10.6 Å². The maximum absolute atomic E-state index is 11.1. The number of hydrogen-bond donors (Lipinski definition) is 3. The normalized spacial score (nSPS) is 35.6. The Bertz CT molecular complexity index is 300. The van der Waals surface area contributed by atoms with Crippen molar-refractivity contribution in [2.45, 2.75) is 37.8 Å². The number of nitrogens with one attached hydrogen (secondary N) is 3. The van der Waals surface area contributed by atoms with Crippen LogP contribution in [0.3, 0.4) is 0 Å². The highest BCUT2D eigenvalue weighted by atomic mass is 16.5. The minimum absolute atomic E-state index is 0.271. The molecule has 2 aliphatic rings. The molecule has 1 unspecified atom stereocenters. The van der Waals surface area contributed by atoms with Crippen molar-refractivity contribution in [3.8, 4) is 0 Å². The highest BCUT2D eigenvalue weighted by Crippen LogP contribution is 2.33. The predicted molar refractivity (Wildman–Crippen MR) is 51.4 cm³/mol. The standard InChI is InChI=1S/C9H15N3O2/c1-8(2)5-9(3-4-14-8)6(10)11-7(13)12-9/h3-5H2,1-2H3,(H3,10,11,12,13). The molecule has 2 amide bonds. The fourth-order valence-electron chi connectivity index (χ4n) is 2.23. The summed E-state index contributed by atoms with van der Waals surface area (Å²) in [7, 11) is 0. The summed E-state index contributed by atoms with van der Waals surface area (Å²) in [4.78, 5) is 11.1. The van der Waals surface area contributed by atoms with Crippen LogP contribution in [0, 0.1) is 5.41 Å². The van der Waals surface area contributed by atoms with E-state index in [9.17, 15) is 4.79 Å². The first-order valence-electron chi connectivity index (χ1n) is 4.76. The highest BCUT2D eigenvalue weighted by molar-refractivity contribution is 6.08. The molecule has 0 aromatic carbocycles. The number of urea groups is 1. The first kappa shape index (κ1) is 9.45. The van der Waals surface area contributed by atoms with Gasteiger partial charge in [0.25, 0.3) is 0 Å². The van der Waals surface area contributed by atoms with Gasteiger partial charge < -0.3 is 10.1 Å². The molecule has 14 heavy (non-hydrogen) atoms. The van der Waals surface area contributed by atoms with E-state index in [0.29, 0.717) is 19.4 Å². The molecule has 0 bridgehead atoms. The number of amidine groups is 1. The van der Waals surface area contributed by atoms with E-state index in [2.05, 4.69) is 10.6 Å². The van der Waals surface area contributed by atoms with Crippen molar-refractivity contribution in [1.29, 1.82) is 5.41 Å². The molecule has 0 saturated carbocycles. The molecule has 2 aliphatic heterocycles. The minimum Gasteiger partial charge on any atom is -0.375 e. The van der Waals surface area contributed by atoms with Crippen LogP contribution in [0.5, 0.6) is 0 Å². The third kappa shape index (κ3) is 1.37. The maximum atomic E-state index is 11.1. The molecule has 1 atom stereocenters. The largest absolute Gasteiger partial charge is 0.375 e. The summed E-state index contributed by atoms with van der Waals surface area (Å²) >= 11 is 0. The SMILES string of the molecule is CC1(C)CC2(CCO1)NC(=O)NC2=N. The van der Waals surface area contributed by atoms with Crippen LogP contribution in [0.25, 0.3) is 0 Å². The topological polar surface area (TPSA) is 74.2 Å². The zero-order valence-electron chi connectivity index (χ0n) is 8.44. The molecule has 0 aromatic heterocycles. The average molecular weight is 197 g/mol. The molecule has 5 nitrogen and oxygen atoms in total. The van der Waals surface area contributed by atoms with Crippen molar-refractivity contribution in [3.05, 3.63) is 0 Å². The monoisotopic (exact) mass is 197 g/mol. The van der Waals surface area contributed by atoms with Crippen LogP contribution >= 0.6 is 0 Å². The van der Waals surface area contributed by atoms with Gasteiger partial charge in [-0.25, -0.2) is 4.79 Å². The van der Waals surface area contributed by atoms with Crippen molar-refractivity contribution >= 4 is 11.9 Å². The first-order valence-corrected chi connectivity index (χ1v) is 4.76. The lowest BCUT2D eigenvalue weighted by atomic mass is 9.81. The molecule has 0 aromatic rings. The molecule has 2 heterocycles. The Morgan fingerprint density at radius 2 is 2.21 bits per heavy atom. The summed E-state index contributed by atoms with van der Waals surface area (Å²) in [5, 5.41) is 13.1. The van der Waals surface area contributed by atoms with Gasteiger partial charge in [0.2, 0.25) is 0 Å². The van der Waals surface area contributed by atoms with Gasteiger partial charge in [-0.15, -0.1) is 0 Å². The van der Waals surface area contributed by atoms with Gasteiger partial charge in [-0.2, -0.15) is 0 Å². The van der Waals surface area contributed by atoms with E-state index in [1.165, 1.54) is 0 Å². The van der Waals surface area contributed by atoms with Crippen molar-refractivity contribution < 1.29 is 9.53 Å². The lowest BCUT2D eigenvalue weighted by molar-refractivity contribution is -0.0703. The molecule has 78 valence electrons. The molecule has 5 heteroatoms. The third-order valence-corrected chi connectivity index (χ3v) is 2.82. The molecule has 2 fully saturated rings. The van der Waals surface area contributed by atoms with Crippen LogP contribution in [0.2, 0.25) is 0 Å². The molecule has 0 radical (unpaired) electrons. The summed E-state index contributed by atoms with van der Waals surface area (Å²) in [6, 6.07) is -0.271. The Kier molecular flexibility index (Phi) is 1.82. The second-order valence-corrected chi connectivity index (χ2v) is 4.57. The van der Waals surface area contributed by atoms with Crippen molar-refractivity contribution in [2.24, 2.45) is 0 Å². The zero-order valence-corrected chi connectivity index (χ0v) is 8.44. The minimum atomic E-state index is -0.515. The van der Waals surface area contributed by atoms with E-state index in [1.807, 2.05) is 13.8 Å². The Balaban J connectivity index is 2.24. The lowest BCUT2D eigenvalue weighted by Gasteiger charge is -2.41. The number of hydrogen-bond acceptors (Lipinski definition) is 3. The number of ether oxygens (including phenoxy) is 1. The van der Waals surface area contributed by atoms with Gasteiger partial charge in [0, 0.05) is 19.4 Å². The fraction of sp³-hybridized carbons (Fsp3) is 0.778. The second kappa shape index (κ2) is 2.70. The first-order chi connectivity index (χ1) is 6.44. The molecular formula is C9H15N3O2. The van der Waals surface area contributed by atoms with E-state index in [-0.39, 0.29) is 17.5 Å². The maximum Gasteiger partial charge on any atom is 0.321 e. The van der Waals surface area contributed by atoms with E-state index < -0.39 is 5.54 Å². The molecule has 0 aliphatic carbocycles. The smallest absolute Gasteiger partial charge is 0.321 e. The Labute approximate surface area is 82.7 Å². The van der Waals surface area contributed by atoms with Gasteiger partial charge in [-0.05, 0) is 13.8 Å². The lowest BCUT2D eigenvalue weighted by Crippen LogP contribution is -2.56. The molecule has 3 N–H and O–H groups in total. The van der Waals surface area contributed by atoms with Crippen LogP contribution in [0.4, 0.5) is 4.79 Å². The summed E-state index contributed by atoms with van der Waals surface area (Å²) < 4.78 is 5.56. The van der Waals surface area contributed by atoms with Crippen molar-refractivity contribution in [3.63, 3.8) is 0 Å². The van der Waals surface area contributed by atoms with Crippen LogP contribution in [0.15, 0.2) is 0 Å². The van der Waals surface area contributed by atoms with E-state index in [0.717, 1.165) is 0 Å². The van der Waals surface area contributed by atoms with Crippen LogP contribution in [-0.2, 0) is 4.74 Å². The average Bonchev–Trinajstić information content (AvgIpc) is 2.24. The van der Waals surface area contributed by atoms with Gasteiger partial charge in [-0.3, -0.25) is 10.7 Å². The summed E-state index contributed by atoms with van der Waals surface area (Å²) in [6.45, 7) is 4.54. The van der Waals surface area contributed by atoms with E-state index >= 15 is 0 Å². The van der Waals surface area contributed by atoms with Crippen LogP contribution in [-0.4, -0.2) is 29.6 Å². The van der Waals surface area contributed by atoms with E-state index in [4.69, 9.17) is 10.1 Å². The van der Waals surface area contributed by atoms with Gasteiger partial charge in [0.05, 0.1) is 5.60 Å². The molecular weight excluding hydrogens is 182 g/mol. The van der Waals surface area contributed by atoms with Gasteiger partial charge in [0.1, 0.15) is 11.4 Å². The fourth-order valence-corrected chi connectivity index (χ4v) is 2.23. The zero-order chi connectivity index (χ0) is 10.4. The van der Waals surface area contributed by atoms with Crippen LogP contribution in [0.1, 0.15) is 26.7 Å². The van der Waals surface area contributed by atoms with Gasteiger partial charge >= 0.3 is 6.03 Å². The van der Waals surface area contributed by atoms with E-state index in [1.54, 1.807) is 0 Å². The highest BCUT2D eigenvalue weighted by Gasteiger charge is 2.49. The summed E-state index contributed by atoms with van der Waals surface area (Å²) in [6.07, 6.45) is 1.32. The number of carbonyl (C=O) groups is 1. The van der Waals surface area contributed by atoms with Gasteiger partial charge in [-0.1, -0.05) is 0 Å². The number of rotatable bonds is 0.